The summed E-state index contributed by atoms with van der Waals surface area (Å²) in [6.45, 7) is -1.05. The SMILES string of the molecule is O=C(O)COc1ccc([N+](=O)[O-])c(CO)c1. The third kappa shape index (κ3) is 2.92. The molecule has 0 saturated carbocycles. The maximum absolute atomic E-state index is 10.5. The lowest BCUT2D eigenvalue weighted by atomic mass is 10.2. The van der Waals surface area contributed by atoms with Gasteiger partial charge in [-0.05, 0) is 12.1 Å². The van der Waals surface area contributed by atoms with Crippen LogP contribution in [0.1, 0.15) is 5.56 Å². The Labute approximate surface area is 90.0 Å². The van der Waals surface area contributed by atoms with Crippen LogP contribution in [-0.2, 0) is 11.4 Å². The zero-order chi connectivity index (χ0) is 12.1. The predicted molar refractivity (Wildman–Crippen MR) is 52.2 cm³/mol. The minimum Gasteiger partial charge on any atom is -0.482 e. The number of aliphatic hydroxyl groups excluding tert-OH is 1. The van der Waals surface area contributed by atoms with Gasteiger partial charge in [0.25, 0.3) is 5.69 Å². The van der Waals surface area contributed by atoms with E-state index in [1.165, 1.54) is 12.1 Å². The van der Waals surface area contributed by atoms with Crippen LogP contribution in [0.15, 0.2) is 18.2 Å². The van der Waals surface area contributed by atoms with Crippen molar-refractivity contribution in [3.8, 4) is 5.75 Å². The summed E-state index contributed by atoms with van der Waals surface area (Å²) in [4.78, 5) is 20.1. The molecule has 7 nitrogen and oxygen atoms in total. The molecule has 0 heterocycles. The van der Waals surface area contributed by atoms with Crippen molar-refractivity contribution < 1.29 is 24.7 Å². The number of nitrogens with zero attached hydrogens (tertiary/aromatic N) is 1. The highest BCUT2D eigenvalue weighted by atomic mass is 16.6. The molecule has 86 valence electrons. The van der Waals surface area contributed by atoms with Gasteiger partial charge in [-0.2, -0.15) is 0 Å². The number of carboxylic acid groups (broad SMARTS) is 1. The number of rotatable bonds is 5. The summed E-state index contributed by atoms with van der Waals surface area (Å²) in [7, 11) is 0. The summed E-state index contributed by atoms with van der Waals surface area (Å²) >= 11 is 0. The second kappa shape index (κ2) is 5.08. The average Bonchev–Trinajstić information content (AvgIpc) is 2.25. The van der Waals surface area contributed by atoms with Gasteiger partial charge in [-0.15, -0.1) is 0 Å². The van der Waals surface area contributed by atoms with E-state index in [0.717, 1.165) is 6.07 Å². The molecule has 16 heavy (non-hydrogen) atoms. The number of nitro groups is 1. The number of nitro benzene ring substituents is 1. The van der Waals surface area contributed by atoms with E-state index in [1.807, 2.05) is 0 Å². The van der Waals surface area contributed by atoms with Gasteiger partial charge in [0.1, 0.15) is 5.75 Å². The fourth-order valence-corrected chi connectivity index (χ4v) is 1.10. The third-order valence-electron chi connectivity index (χ3n) is 1.78. The van der Waals surface area contributed by atoms with Crippen molar-refractivity contribution in [3.05, 3.63) is 33.9 Å². The van der Waals surface area contributed by atoms with Crippen molar-refractivity contribution in [2.45, 2.75) is 6.61 Å². The largest absolute Gasteiger partial charge is 0.482 e. The van der Waals surface area contributed by atoms with E-state index in [0.29, 0.717) is 0 Å². The maximum atomic E-state index is 10.5. The van der Waals surface area contributed by atoms with Gasteiger partial charge >= 0.3 is 5.97 Å². The van der Waals surface area contributed by atoms with Gasteiger partial charge in [0.15, 0.2) is 6.61 Å². The number of hydrogen-bond donors (Lipinski definition) is 2. The molecule has 0 spiro atoms. The van der Waals surface area contributed by atoms with Crippen LogP contribution in [-0.4, -0.2) is 27.7 Å². The fourth-order valence-electron chi connectivity index (χ4n) is 1.10. The van der Waals surface area contributed by atoms with Gasteiger partial charge in [0.2, 0.25) is 0 Å². The van der Waals surface area contributed by atoms with Crippen molar-refractivity contribution >= 4 is 11.7 Å². The number of carboxylic acids is 1. The molecular formula is C9H9NO6. The molecule has 0 radical (unpaired) electrons. The van der Waals surface area contributed by atoms with E-state index in [9.17, 15) is 14.9 Å². The topological polar surface area (TPSA) is 110 Å². The van der Waals surface area contributed by atoms with E-state index >= 15 is 0 Å². The molecule has 7 heteroatoms. The van der Waals surface area contributed by atoms with E-state index < -0.39 is 24.1 Å². The monoisotopic (exact) mass is 227 g/mol. The van der Waals surface area contributed by atoms with E-state index in [4.69, 9.17) is 14.9 Å². The highest BCUT2D eigenvalue weighted by molar-refractivity contribution is 5.68. The lowest BCUT2D eigenvalue weighted by Crippen LogP contribution is -2.09. The van der Waals surface area contributed by atoms with Crippen molar-refractivity contribution in [3.63, 3.8) is 0 Å². The van der Waals surface area contributed by atoms with Crippen molar-refractivity contribution in [1.82, 2.24) is 0 Å². The molecule has 2 N–H and O–H groups in total. The van der Waals surface area contributed by atoms with Gasteiger partial charge < -0.3 is 14.9 Å². The number of carbonyl (C=O) groups is 1. The van der Waals surface area contributed by atoms with Crippen LogP contribution in [0.2, 0.25) is 0 Å². The number of ether oxygens (including phenoxy) is 1. The Morgan fingerprint density at radius 3 is 2.69 bits per heavy atom. The second-order valence-electron chi connectivity index (χ2n) is 2.89. The first-order chi connectivity index (χ1) is 7.54. The normalized spacial score (nSPS) is 9.81. The zero-order valence-electron chi connectivity index (χ0n) is 8.12. The Hall–Kier alpha value is -2.15. The Morgan fingerprint density at radius 2 is 2.19 bits per heavy atom. The minimum absolute atomic E-state index is 0.0767. The first-order valence-corrected chi connectivity index (χ1v) is 4.27. The molecule has 0 aliphatic rings. The molecule has 1 aromatic carbocycles. The van der Waals surface area contributed by atoms with E-state index in [-0.39, 0.29) is 17.0 Å². The van der Waals surface area contributed by atoms with Crippen molar-refractivity contribution in [2.24, 2.45) is 0 Å². The quantitative estimate of drug-likeness (QED) is 0.561. The molecule has 0 fully saturated rings. The van der Waals surface area contributed by atoms with Crippen LogP contribution in [0.4, 0.5) is 5.69 Å². The van der Waals surface area contributed by atoms with Gasteiger partial charge in [0, 0.05) is 6.07 Å². The van der Waals surface area contributed by atoms with Crippen LogP contribution >= 0.6 is 0 Å². The van der Waals surface area contributed by atoms with Crippen molar-refractivity contribution in [2.75, 3.05) is 6.61 Å². The standard InChI is InChI=1S/C9H9NO6/c11-4-6-3-7(16-5-9(12)13)1-2-8(6)10(14)15/h1-3,11H,4-5H2,(H,12,13). The van der Waals surface area contributed by atoms with Gasteiger partial charge in [-0.25, -0.2) is 4.79 Å². The summed E-state index contributed by atoms with van der Waals surface area (Å²) in [6.07, 6.45) is 0. The molecule has 0 bridgehead atoms. The van der Waals surface area contributed by atoms with Crippen LogP contribution < -0.4 is 4.74 Å². The van der Waals surface area contributed by atoms with Crippen molar-refractivity contribution in [1.29, 1.82) is 0 Å². The van der Waals surface area contributed by atoms with E-state index in [1.54, 1.807) is 0 Å². The molecule has 0 amide bonds. The van der Waals surface area contributed by atoms with Crippen LogP contribution in [0, 0.1) is 10.1 Å². The van der Waals surface area contributed by atoms with Crippen LogP contribution in [0.3, 0.4) is 0 Å². The van der Waals surface area contributed by atoms with Crippen LogP contribution in [0.25, 0.3) is 0 Å². The predicted octanol–water partition coefficient (Wildman–Crippen LogP) is 0.550. The summed E-state index contributed by atoms with van der Waals surface area (Å²) in [5.41, 5.74) is -0.155. The first-order valence-electron chi connectivity index (χ1n) is 4.27. The Balaban J connectivity index is 2.90. The summed E-state index contributed by atoms with van der Waals surface area (Å²) < 4.78 is 4.81. The lowest BCUT2D eigenvalue weighted by Gasteiger charge is -2.05. The van der Waals surface area contributed by atoms with Crippen LogP contribution in [0.5, 0.6) is 5.75 Å². The minimum atomic E-state index is -1.15. The molecule has 1 rings (SSSR count). The Bertz CT molecular complexity index is 416. The molecule has 1 aromatic rings. The van der Waals surface area contributed by atoms with E-state index in [2.05, 4.69) is 0 Å². The first kappa shape index (κ1) is 11.9. The molecule has 0 aliphatic heterocycles. The zero-order valence-corrected chi connectivity index (χ0v) is 8.12. The highest BCUT2D eigenvalue weighted by Crippen LogP contribution is 2.23. The summed E-state index contributed by atoms with van der Waals surface area (Å²) in [5.74, 6) is -0.985. The lowest BCUT2D eigenvalue weighted by molar-refractivity contribution is -0.385. The molecule has 0 aromatic heterocycles. The second-order valence-corrected chi connectivity index (χ2v) is 2.89. The van der Waals surface area contributed by atoms with Gasteiger partial charge in [0.05, 0.1) is 17.1 Å². The summed E-state index contributed by atoms with van der Waals surface area (Å²) in [6, 6.07) is 3.67. The summed E-state index contributed by atoms with van der Waals surface area (Å²) in [5, 5.41) is 27.8. The maximum Gasteiger partial charge on any atom is 0.341 e. The average molecular weight is 227 g/mol. The number of aliphatic hydroxyl groups is 1. The molecule has 0 saturated heterocycles. The van der Waals surface area contributed by atoms with Gasteiger partial charge in [-0.1, -0.05) is 0 Å². The Kier molecular flexibility index (Phi) is 3.78. The fraction of sp³-hybridized carbons (Fsp3) is 0.222. The van der Waals surface area contributed by atoms with Gasteiger partial charge in [-0.3, -0.25) is 10.1 Å². The molecular weight excluding hydrogens is 218 g/mol. The number of aliphatic carboxylic acids is 1. The third-order valence-corrected chi connectivity index (χ3v) is 1.78. The molecule has 0 atom stereocenters. The molecule has 0 aliphatic carbocycles. The number of hydrogen-bond acceptors (Lipinski definition) is 5. The smallest absolute Gasteiger partial charge is 0.341 e. The molecule has 0 unspecified atom stereocenters. The highest BCUT2D eigenvalue weighted by Gasteiger charge is 2.13. The Morgan fingerprint density at radius 1 is 1.50 bits per heavy atom. The number of benzene rings is 1.